The van der Waals surface area contributed by atoms with E-state index in [2.05, 4.69) is 10.1 Å². The van der Waals surface area contributed by atoms with E-state index in [0.717, 1.165) is 17.1 Å². The van der Waals surface area contributed by atoms with Crippen LogP contribution in [0.5, 0.6) is 0 Å². The molecule has 22 heavy (non-hydrogen) atoms. The zero-order valence-electron chi connectivity index (χ0n) is 13.3. The Hall–Kier alpha value is -1.69. The topological polar surface area (TPSA) is 71.8 Å². The third kappa shape index (κ3) is 3.74. The summed E-state index contributed by atoms with van der Waals surface area (Å²) in [7, 11) is 0. The smallest absolute Gasteiger partial charge is 0.168 e. The van der Waals surface area contributed by atoms with Gasteiger partial charge >= 0.3 is 0 Å². The van der Waals surface area contributed by atoms with Gasteiger partial charge in [0, 0.05) is 24.1 Å². The number of ketones is 1. The predicted molar refractivity (Wildman–Crippen MR) is 87.5 cm³/mol. The summed E-state index contributed by atoms with van der Waals surface area (Å²) in [5, 5.41) is 17.3. The molecule has 120 valence electrons. The molecule has 1 aliphatic rings. The molecule has 1 unspecified atom stereocenters. The Morgan fingerprint density at radius 1 is 1.50 bits per heavy atom. The Morgan fingerprint density at radius 3 is 2.82 bits per heavy atom. The molecule has 0 spiro atoms. The van der Waals surface area contributed by atoms with E-state index in [9.17, 15) is 9.90 Å². The molecule has 1 atom stereocenters. The zero-order valence-corrected chi connectivity index (χ0v) is 14.1. The Kier molecular flexibility index (Phi) is 5.71. The monoisotopic (exact) mass is 322 g/mol. The van der Waals surface area contributed by atoms with Gasteiger partial charge in [0.05, 0.1) is 22.0 Å². The summed E-state index contributed by atoms with van der Waals surface area (Å²) in [6.45, 7) is 6.22. The van der Waals surface area contributed by atoms with Crippen molar-refractivity contribution in [1.29, 1.82) is 0 Å². The van der Waals surface area contributed by atoms with Crippen LogP contribution in [0.2, 0.25) is 0 Å². The van der Waals surface area contributed by atoms with Gasteiger partial charge in [-0.1, -0.05) is 18.5 Å². The Morgan fingerprint density at radius 2 is 2.27 bits per heavy atom. The number of oxime groups is 1. The molecule has 1 heterocycles. The number of hydrogen-bond acceptors (Lipinski definition) is 6. The first-order valence-corrected chi connectivity index (χ1v) is 8.51. The first-order valence-electron chi connectivity index (χ1n) is 7.63. The molecule has 1 N–H and O–H groups in total. The second-order valence-corrected chi connectivity index (χ2v) is 6.41. The number of nitrogens with zero attached hydrogens (tertiary/aromatic N) is 2. The van der Waals surface area contributed by atoms with Gasteiger partial charge in [0.2, 0.25) is 0 Å². The standard InChI is InChI=1S/C16H22N2O3S/c1-4-6-12(18-21-5-2)16-14(19)7-11(8-15(16)20)13-9-22-10(3)17-13/h9,11,19H,4-8H2,1-3H3/b18-12+. The highest BCUT2D eigenvalue weighted by Gasteiger charge is 2.32. The molecular formula is C16H22N2O3S. The van der Waals surface area contributed by atoms with Crippen LogP contribution < -0.4 is 0 Å². The van der Waals surface area contributed by atoms with Crippen LogP contribution in [-0.4, -0.2) is 28.2 Å². The van der Waals surface area contributed by atoms with Crippen molar-refractivity contribution in [1.82, 2.24) is 4.98 Å². The molecule has 5 nitrogen and oxygen atoms in total. The molecule has 0 amide bonds. The Balaban J connectivity index is 2.26. The molecule has 0 aliphatic heterocycles. The molecule has 1 aliphatic carbocycles. The first-order chi connectivity index (χ1) is 10.6. The molecule has 0 radical (unpaired) electrons. The molecular weight excluding hydrogens is 300 g/mol. The van der Waals surface area contributed by atoms with Crippen molar-refractivity contribution < 1.29 is 14.7 Å². The number of aliphatic hydroxyl groups is 1. The quantitative estimate of drug-likeness (QED) is 0.637. The molecule has 6 heteroatoms. The average Bonchev–Trinajstić information content (AvgIpc) is 2.90. The number of carbonyl (C=O) groups is 1. The van der Waals surface area contributed by atoms with Gasteiger partial charge in [-0.15, -0.1) is 11.3 Å². The van der Waals surface area contributed by atoms with Crippen LogP contribution in [0.4, 0.5) is 0 Å². The van der Waals surface area contributed by atoms with Crippen LogP contribution in [-0.2, 0) is 9.63 Å². The molecule has 1 aromatic rings. The van der Waals surface area contributed by atoms with Gasteiger partial charge < -0.3 is 9.94 Å². The number of aliphatic hydroxyl groups excluding tert-OH is 1. The van der Waals surface area contributed by atoms with E-state index in [-0.39, 0.29) is 17.5 Å². The lowest BCUT2D eigenvalue weighted by molar-refractivity contribution is -0.116. The third-order valence-electron chi connectivity index (χ3n) is 3.57. The van der Waals surface area contributed by atoms with Crippen molar-refractivity contribution in [3.8, 4) is 0 Å². The molecule has 1 aromatic heterocycles. The van der Waals surface area contributed by atoms with Gasteiger partial charge in [0.25, 0.3) is 0 Å². The zero-order chi connectivity index (χ0) is 16.1. The third-order valence-corrected chi connectivity index (χ3v) is 4.36. The lowest BCUT2D eigenvalue weighted by atomic mass is 9.83. The second-order valence-electron chi connectivity index (χ2n) is 5.35. The van der Waals surface area contributed by atoms with Crippen LogP contribution in [0.15, 0.2) is 21.9 Å². The second kappa shape index (κ2) is 7.54. The Bertz CT molecular complexity index is 604. The van der Waals surface area contributed by atoms with E-state index in [0.29, 0.717) is 37.2 Å². The summed E-state index contributed by atoms with van der Waals surface area (Å²) in [5.41, 5.74) is 1.79. The predicted octanol–water partition coefficient (Wildman–Crippen LogP) is 3.90. The Labute approximate surface area is 134 Å². The summed E-state index contributed by atoms with van der Waals surface area (Å²) >= 11 is 1.56. The minimum atomic E-state index is -0.0775. The van der Waals surface area contributed by atoms with E-state index in [1.165, 1.54) is 0 Å². The van der Waals surface area contributed by atoms with Gasteiger partial charge in [-0.2, -0.15) is 0 Å². The van der Waals surface area contributed by atoms with Gasteiger partial charge in [0.1, 0.15) is 12.4 Å². The molecule has 0 saturated carbocycles. The van der Waals surface area contributed by atoms with E-state index >= 15 is 0 Å². The summed E-state index contributed by atoms with van der Waals surface area (Å²) < 4.78 is 0. The number of Topliss-reactive ketones (excluding diaryl/α,β-unsaturated/α-hetero) is 1. The number of carbonyl (C=O) groups excluding carboxylic acids is 1. The summed E-state index contributed by atoms with van der Waals surface area (Å²) in [6.07, 6.45) is 2.24. The molecule has 0 saturated heterocycles. The lowest BCUT2D eigenvalue weighted by Gasteiger charge is -2.22. The maximum Gasteiger partial charge on any atom is 0.168 e. The summed E-state index contributed by atoms with van der Waals surface area (Å²) in [6, 6.07) is 0. The van der Waals surface area contributed by atoms with Gasteiger partial charge in [0.15, 0.2) is 5.78 Å². The van der Waals surface area contributed by atoms with Crippen LogP contribution in [0.25, 0.3) is 0 Å². The van der Waals surface area contributed by atoms with Crippen LogP contribution >= 0.6 is 11.3 Å². The van der Waals surface area contributed by atoms with Crippen molar-refractivity contribution in [3.63, 3.8) is 0 Å². The van der Waals surface area contributed by atoms with Crippen molar-refractivity contribution in [2.45, 2.75) is 52.4 Å². The minimum Gasteiger partial charge on any atom is -0.511 e. The number of hydrogen-bond donors (Lipinski definition) is 1. The van der Waals surface area contributed by atoms with E-state index in [1.807, 2.05) is 26.2 Å². The number of thiazole rings is 1. The van der Waals surface area contributed by atoms with Crippen molar-refractivity contribution in [2.75, 3.05) is 6.61 Å². The fraction of sp³-hybridized carbons (Fsp3) is 0.562. The van der Waals surface area contributed by atoms with Crippen molar-refractivity contribution >= 4 is 22.8 Å². The highest BCUT2D eigenvalue weighted by Crippen LogP contribution is 2.34. The van der Waals surface area contributed by atoms with E-state index in [4.69, 9.17) is 4.84 Å². The molecule has 0 aromatic carbocycles. The summed E-state index contributed by atoms with van der Waals surface area (Å²) in [4.78, 5) is 22.0. The lowest BCUT2D eigenvalue weighted by Crippen LogP contribution is -2.24. The van der Waals surface area contributed by atoms with Crippen molar-refractivity contribution in [3.05, 3.63) is 27.4 Å². The van der Waals surface area contributed by atoms with E-state index < -0.39 is 0 Å². The van der Waals surface area contributed by atoms with Gasteiger partial charge in [-0.3, -0.25) is 4.79 Å². The van der Waals surface area contributed by atoms with Crippen LogP contribution in [0.3, 0.4) is 0 Å². The number of allylic oxidation sites excluding steroid dienone is 2. The molecule has 0 fully saturated rings. The molecule has 2 rings (SSSR count). The van der Waals surface area contributed by atoms with E-state index in [1.54, 1.807) is 11.3 Å². The fourth-order valence-electron chi connectivity index (χ4n) is 2.59. The largest absolute Gasteiger partial charge is 0.511 e. The van der Waals surface area contributed by atoms with Crippen LogP contribution in [0.1, 0.15) is 56.2 Å². The average molecular weight is 322 g/mol. The highest BCUT2D eigenvalue weighted by atomic mass is 32.1. The normalized spacial score (nSPS) is 19.7. The number of aryl methyl sites for hydroxylation is 1. The van der Waals surface area contributed by atoms with Crippen molar-refractivity contribution in [2.24, 2.45) is 5.16 Å². The number of rotatable bonds is 6. The SMILES string of the molecule is CCC/C(=N\OCC)C1=C(O)CC(c2csc(C)n2)CC1=O. The summed E-state index contributed by atoms with van der Waals surface area (Å²) in [5.74, 6) is -0.0127. The van der Waals surface area contributed by atoms with Crippen LogP contribution in [0, 0.1) is 6.92 Å². The maximum atomic E-state index is 12.5. The fourth-order valence-corrected chi connectivity index (χ4v) is 3.29. The maximum absolute atomic E-state index is 12.5. The van der Waals surface area contributed by atoms with Gasteiger partial charge in [-0.05, 0) is 20.3 Å². The molecule has 0 bridgehead atoms. The highest BCUT2D eigenvalue weighted by molar-refractivity contribution is 7.09. The number of aromatic nitrogens is 1. The minimum absolute atomic E-state index is 0.0452. The first kappa shape index (κ1) is 16.7. The van der Waals surface area contributed by atoms with Gasteiger partial charge in [-0.25, -0.2) is 4.98 Å².